The smallest absolute Gasteiger partial charge is 0.318 e. The largest absolute Gasteiger partial charge is 0.462 e. The molecule has 1 N–H and O–H groups in total. The Morgan fingerprint density at radius 3 is 2.82 bits per heavy atom. The molecule has 1 aromatic heterocycles. The van der Waals surface area contributed by atoms with E-state index in [0.717, 1.165) is 49.7 Å². The summed E-state index contributed by atoms with van der Waals surface area (Å²) in [7, 11) is 1.94. The van der Waals surface area contributed by atoms with Gasteiger partial charge in [-0.05, 0) is 31.3 Å². The van der Waals surface area contributed by atoms with E-state index in [1.165, 1.54) is 16.5 Å². The summed E-state index contributed by atoms with van der Waals surface area (Å²) in [6, 6.07) is 17.3. The van der Waals surface area contributed by atoms with Crippen LogP contribution in [-0.2, 0) is 13.0 Å². The van der Waals surface area contributed by atoms with Gasteiger partial charge in [0, 0.05) is 55.4 Å². The molecule has 3 aromatic rings. The van der Waals surface area contributed by atoms with Crippen molar-refractivity contribution < 1.29 is 9.13 Å². The van der Waals surface area contributed by atoms with Crippen molar-refractivity contribution in [3.8, 4) is 12.1 Å². The van der Waals surface area contributed by atoms with Crippen LogP contribution < -0.4 is 19.9 Å². The van der Waals surface area contributed by atoms with Crippen molar-refractivity contribution in [2.45, 2.75) is 44.1 Å². The third kappa shape index (κ3) is 4.86. The summed E-state index contributed by atoms with van der Waals surface area (Å²) in [5.41, 5.74) is 3.30. The Morgan fingerprint density at radius 2 is 1.97 bits per heavy atom. The highest BCUT2D eigenvalue weighted by atomic mass is 19.1. The molecule has 3 aliphatic rings. The van der Waals surface area contributed by atoms with E-state index in [0.29, 0.717) is 31.9 Å². The Labute approximate surface area is 223 Å². The summed E-state index contributed by atoms with van der Waals surface area (Å²) in [5.74, 6) is 0.892. The zero-order chi connectivity index (χ0) is 26.1. The normalized spacial score (nSPS) is 23.9. The first kappa shape index (κ1) is 24.8. The van der Waals surface area contributed by atoms with Gasteiger partial charge >= 0.3 is 6.01 Å². The first-order valence-electron chi connectivity index (χ1n) is 13.6. The van der Waals surface area contributed by atoms with Crippen LogP contribution in [0.25, 0.3) is 10.8 Å². The minimum atomic E-state index is -0.904. The van der Waals surface area contributed by atoms with Crippen molar-refractivity contribution >= 4 is 22.3 Å². The van der Waals surface area contributed by atoms with Crippen LogP contribution in [0, 0.1) is 11.3 Å². The second-order valence-electron chi connectivity index (χ2n) is 10.5. The molecule has 8 nitrogen and oxygen atoms in total. The molecule has 3 aliphatic heterocycles. The number of anilines is 2. The van der Waals surface area contributed by atoms with Crippen molar-refractivity contribution in [3.05, 3.63) is 53.7 Å². The summed E-state index contributed by atoms with van der Waals surface area (Å²) in [6.07, 6.45) is 0.896. The van der Waals surface area contributed by atoms with E-state index in [1.807, 2.05) is 11.9 Å². The van der Waals surface area contributed by atoms with Crippen LogP contribution in [0.15, 0.2) is 42.5 Å². The first-order valence-corrected chi connectivity index (χ1v) is 13.6. The van der Waals surface area contributed by atoms with Gasteiger partial charge in [-0.15, -0.1) is 0 Å². The number of alkyl halides is 1. The molecule has 3 atom stereocenters. The minimum Gasteiger partial charge on any atom is -0.462 e. The maximum absolute atomic E-state index is 14.5. The van der Waals surface area contributed by atoms with Crippen LogP contribution in [0.4, 0.5) is 15.9 Å². The molecule has 0 spiro atoms. The van der Waals surface area contributed by atoms with E-state index in [9.17, 15) is 9.65 Å². The number of halogens is 1. The van der Waals surface area contributed by atoms with Gasteiger partial charge in [0.1, 0.15) is 18.6 Å². The molecular formula is C29H34FN7O. The maximum atomic E-state index is 14.5. The number of nitrogens with one attached hydrogen (secondary N) is 1. The van der Waals surface area contributed by atoms with Crippen LogP contribution in [0.5, 0.6) is 6.01 Å². The van der Waals surface area contributed by atoms with Gasteiger partial charge in [-0.2, -0.15) is 15.2 Å². The van der Waals surface area contributed by atoms with E-state index < -0.39 is 6.17 Å². The summed E-state index contributed by atoms with van der Waals surface area (Å²) in [4.78, 5) is 16.4. The summed E-state index contributed by atoms with van der Waals surface area (Å²) >= 11 is 0. The van der Waals surface area contributed by atoms with Gasteiger partial charge in [0.05, 0.1) is 30.8 Å². The van der Waals surface area contributed by atoms with Gasteiger partial charge in [0.15, 0.2) is 0 Å². The van der Waals surface area contributed by atoms with Gasteiger partial charge < -0.3 is 19.9 Å². The summed E-state index contributed by atoms with van der Waals surface area (Å²) in [5, 5.41) is 15.1. The maximum Gasteiger partial charge on any atom is 0.318 e. The quantitative estimate of drug-likeness (QED) is 0.536. The summed E-state index contributed by atoms with van der Waals surface area (Å²) < 4.78 is 20.6. The van der Waals surface area contributed by atoms with Gasteiger partial charge in [-0.1, -0.05) is 36.4 Å². The number of benzene rings is 2. The van der Waals surface area contributed by atoms with Crippen molar-refractivity contribution in [1.82, 2.24) is 20.2 Å². The third-order valence-corrected chi connectivity index (χ3v) is 8.15. The van der Waals surface area contributed by atoms with Crippen molar-refractivity contribution in [1.29, 1.82) is 5.26 Å². The molecule has 2 aromatic carbocycles. The Hall–Kier alpha value is -3.48. The molecule has 4 heterocycles. The second-order valence-corrected chi connectivity index (χ2v) is 10.5. The highest BCUT2D eigenvalue weighted by Gasteiger charge is 2.33. The van der Waals surface area contributed by atoms with E-state index in [1.54, 1.807) is 0 Å². The molecule has 0 aliphatic carbocycles. The molecule has 2 saturated heterocycles. The van der Waals surface area contributed by atoms with E-state index >= 15 is 0 Å². The van der Waals surface area contributed by atoms with E-state index in [4.69, 9.17) is 14.7 Å². The lowest BCUT2D eigenvalue weighted by Crippen LogP contribution is -2.51. The molecule has 0 unspecified atom stereocenters. The fraction of sp³-hybridized carbons (Fsp3) is 0.483. The lowest BCUT2D eigenvalue weighted by atomic mass is 10.0. The molecule has 9 heteroatoms. The standard InChI is InChI=1S/C29H34FN7O/c1-35-14-11-24(30)27(35)19-38-29-33-25-18-36(26-8-4-6-20-5-2-3-7-22(20)26)15-10-23(25)28(34-29)37-16-13-32-21(17-37)9-12-31/h2-8,21,24,27,32H,9-11,13-19H2,1H3/t21-,24+,27+/m0/s1. The summed E-state index contributed by atoms with van der Waals surface area (Å²) in [6.45, 7) is 4.77. The number of piperazine rings is 1. The Bertz CT molecular complexity index is 1330. The number of nitriles is 1. The Balaban J connectivity index is 1.32. The average molecular weight is 516 g/mol. The van der Waals surface area contributed by atoms with Crippen LogP contribution in [0.2, 0.25) is 0 Å². The predicted molar refractivity (Wildman–Crippen MR) is 146 cm³/mol. The molecule has 0 bridgehead atoms. The molecule has 0 saturated carbocycles. The Kier molecular flexibility index (Phi) is 7.00. The minimum absolute atomic E-state index is 0.0962. The van der Waals surface area contributed by atoms with Crippen LogP contribution in [0.1, 0.15) is 24.1 Å². The zero-order valence-electron chi connectivity index (χ0n) is 21.8. The first-order chi connectivity index (χ1) is 18.6. The lowest BCUT2D eigenvalue weighted by molar-refractivity contribution is 0.140. The number of likely N-dealkylation sites (tertiary alicyclic amines) is 1. The number of hydrogen-bond acceptors (Lipinski definition) is 8. The SMILES string of the molecule is CN1CC[C@@H](F)[C@H]1COc1nc2c(c(N3CCN[C@@H](CC#N)C3)n1)CCN(c1cccc3ccccc13)C2. The molecular weight excluding hydrogens is 481 g/mol. The molecule has 38 heavy (non-hydrogen) atoms. The topological polar surface area (TPSA) is 80.5 Å². The number of nitrogens with zero attached hydrogens (tertiary/aromatic N) is 6. The number of rotatable bonds is 6. The highest BCUT2D eigenvalue weighted by molar-refractivity contribution is 5.94. The van der Waals surface area contributed by atoms with Crippen LogP contribution >= 0.6 is 0 Å². The monoisotopic (exact) mass is 515 g/mol. The molecule has 6 rings (SSSR count). The van der Waals surface area contributed by atoms with Gasteiger partial charge in [0.2, 0.25) is 0 Å². The van der Waals surface area contributed by atoms with Gasteiger partial charge in [-0.25, -0.2) is 4.39 Å². The van der Waals surface area contributed by atoms with Crippen LogP contribution in [-0.4, -0.2) is 79.5 Å². The van der Waals surface area contributed by atoms with Crippen molar-refractivity contribution in [3.63, 3.8) is 0 Å². The van der Waals surface area contributed by atoms with Crippen LogP contribution in [0.3, 0.4) is 0 Å². The molecule has 0 radical (unpaired) electrons. The van der Waals surface area contributed by atoms with Crippen molar-refractivity contribution in [2.24, 2.45) is 0 Å². The third-order valence-electron chi connectivity index (χ3n) is 8.15. The number of hydrogen-bond donors (Lipinski definition) is 1. The lowest BCUT2D eigenvalue weighted by Gasteiger charge is -2.37. The molecule has 198 valence electrons. The molecule has 2 fully saturated rings. The zero-order valence-corrected chi connectivity index (χ0v) is 21.8. The van der Waals surface area contributed by atoms with E-state index in [-0.39, 0.29) is 18.7 Å². The highest BCUT2D eigenvalue weighted by Crippen LogP contribution is 2.34. The van der Waals surface area contributed by atoms with Crippen molar-refractivity contribution in [2.75, 3.05) is 56.2 Å². The number of likely N-dealkylation sites (N-methyl/N-ethyl adjacent to an activating group) is 1. The average Bonchev–Trinajstić information content (AvgIpc) is 3.27. The predicted octanol–water partition coefficient (Wildman–Crippen LogP) is 3.31. The van der Waals surface area contributed by atoms with Gasteiger partial charge in [-0.3, -0.25) is 4.90 Å². The fourth-order valence-electron chi connectivity index (χ4n) is 6.02. The fourth-order valence-corrected chi connectivity index (χ4v) is 6.02. The Morgan fingerprint density at radius 1 is 1.11 bits per heavy atom. The number of fused-ring (bicyclic) bond motifs is 2. The molecule has 0 amide bonds. The van der Waals surface area contributed by atoms with E-state index in [2.05, 4.69) is 63.7 Å². The number of aromatic nitrogens is 2. The second kappa shape index (κ2) is 10.7. The number of ether oxygens (including phenoxy) is 1. The van der Waals surface area contributed by atoms with Gasteiger partial charge in [0.25, 0.3) is 0 Å².